The van der Waals surface area contributed by atoms with E-state index in [1.807, 2.05) is 12.1 Å². The van der Waals surface area contributed by atoms with E-state index in [0.717, 1.165) is 49.9 Å². The van der Waals surface area contributed by atoms with Crippen LogP contribution < -0.4 is 4.74 Å². The van der Waals surface area contributed by atoms with E-state index < -0.39 is 0 Å². The summed E-state index contributed by atoms with van der Waals surface area (Å²) in [6.07, 6.45) is 1.98. The molecule has 3 rings (SSSR count). The summed E-state index contributed by atoms with van der Waals surface area (Å²) in [5.74, 6) is 1.36. The molecule has 0 aromatic heterocycles. The predicted octanol–water partition coefficient (Wildman–Crippen LogP) is 6.94. The zero-order valence-electron chi connectivity index (χ0n) is 19.0. The van der Waals surface area contributed by atoms with Crippen LogP contribution in [-0.4, -0.2) is 31.1 Å². The number of hydrogen-bond acceptors (Lipinski definition) is 2. The van der Waals surface area contributed by atoms with E-state index >= 15 is 0 Å². The third-order valence-corrected chi connectivity index (χ3v) is 6.17. The molecule has 0 aliphatic heterocycles. The van der Waals surface area contributed by atoms with Gasteiger partial charge in [0.15, 0.2) is 0 Å². The zero-order chi connectivity index (χ0) is 22.1. The number of aryl methyl sites for hydroxylation is 1. The molecule has 0 fully saturated rings. The smallest absolute Gasteiger partial charge is 0.119 e. The average Bonchev–Trinajstić information content (AvgIpc) is 2.79. The van der Waals surface area contributed by atoms with E-state index in [9.17, 15) is 0 Å². The molecular weight excluding hydrogens is 402 g/mol. The lowest BCUT2D eigenvalue weighted by Gasteiger charge is -2.19. The molecule has 3 aromatic carbocycles. The van der Waals surface area contributed by atoms with Gasteiger partial charge in [0.1, 0.15) is 12.4 Å². The van der Waals surface area contributed by atoms with Crippen LogP contribution in [0.2, 0.25) is 5.02 Å². The molecule has 3 aromatic rings. The van der Waals surface area contributed by atoms with E-state index in [4.69, 9.17) is 16.3 Å². The maximum Gasteiger partial charge on any atom is 0.119 e. The minimum Gasteiger partial charge on any atom is -0.492 e. The number of ether oxygens (including phenoxy) is 1. The molecule has 1 atom stereocenters. The fraction of sp³-hybridized carbons (Fsp3) is 0.357. The Morgan fingerprint density at radius 1 is 0.774 bits per heavy atom. The molecule has 0 N–H and O–H groups in total. The summed E-state index contributed by atoms with van der Waals surface area (Å²) in [4.78, 5) is 2.37. The van der Waals surface area contributed by atoms with E-state index in [-0.39, 0.29) is 0 Å². The van der Waals surface area contributed by atoms with Gasteiger partial charge in [0.05, 0.1) is 0 Å². The first-order valence-electron chi connectivity index (χ1n) is 11.3. The van der Waals surface area contributed by atoms with Crippen molar-refractivity contribution >= 4 is 11.6 Å². The lowest BCUT2D eigenvalue weighted by Crippen LogP contribution is -2.27. The third-order valence-electron chi connectivity index (χ3n) is 5.92. The second-order valence-corrected chi connectivity index (χ2v) is 8.60. The molecule has 31 heavy (non-hydrogen) atoms. The number of likely N-dealkylation sites (N-methyl/N-ethyl adjacent to an activating group) is 1. The topological polar surface area (TPSA) is 12.5 Å². The first-order valence-corrected chi connectivity index (χ1v) is 11.7. The lowest BCUT2D eigenvalue weighted by atomic mass is 9.86. The number of hydrogen-bond donors (Lipinski definition) is 0. The van der Waals surface area contributed by atoms with Crippen LogP contribution in [0.3, 0.4) is 0 Å². The van der Waals surface area contributed by atoms with Crippen LogP contribution in [-0.2, 0) is 12.8 Å². The molecule has 164 valence electrons. The third kappa shape index (κ3) is 7.41. The Morgan fingerprint density at radius 3 is 1.87 bits per heavy atom. The van der Waals surface area contributed by atoms with Crippen molar-refractivity contribution in [2.75, 3.05) is 26.2 Å². The SMILES string of the molecule is CCN(CC)CCOc1ccc(CC(Cc2ccc(Cl)cc2)c2ccc(C)cc2)cc1. The highest BCUT2D eigenvalue weighted by Gasteiger charge is 2.14. The van der Waals surface area contributed by atoms with Crippen molar-refractivity contribution < 1.29 is 4.74 Å². The molecule has 2 nitrogen and oxygen atoms in total. The Balaban J connectivity index is 1.67. The molecule has 0 amide bonds. The average molecular weight is 436 g/mol. The second kappa shape index (κ2) is 11.9. The Kier molecular flexibility index (Phi) is 8.99. The van der Waals surface area contributed by atoms with Crippen LogP contribution in [0.5, 0.6) is 5.75 Å². The number of halogens is 1. The molecular formula is C28H34ClNO. The minimum atomic E-state index is 0.413. The quantitative estimate of drug-likeness (QED) is 0.323. The van der Waals surface area contributed by atoms with Gasteiger partial charge in [0.25, 0.3) is 0 Å². The van der Waals surface area contributed by atoms with Gasteiger partial charge in [-0.2, -0.15) is 0 Å². The maximum atomic E-state index is 6.08. The Labute approximate surface area is 192 Å². The van der Waals surface area contributed by atoms with Crippen LogP contribution >= 0.6 is 11.6 Å². The van der Waals surface area contributed by atoms with Crippen molar-refractivity contribution in [1.82, 2.24) is 4.90 Å². The summed E-state index contributed by atoms with van der Waals surface area (Å²) in [5, 5.41) is 0.784. The molecule has 0 heterocycles. The minimum absolute atomic E-state index is 0.413. The summed E-state index contributed by atoms with van der Waals surface area (Å²) < 4.78 is 5.95. The summed E-state index contributed by atoms with van der Waals surface area (Å²) in [5.41, 5.74) is 5.31. The largest absolute Gasteiger partial charge is 0.492 e. The summed E-state index contributed by atoms with van der Waals surface area (Å²) in [6.45, 7) is 10.3. The highest BCUT2D eigenvalue weighted by Crippen LogP contribution is 2.27. The van der Waals surface area contributed by atoms with E-state index in [2.05, 4.69) is 86.3 Å². The number of rotatable bonds is 11. The highest BCUT2D eigenvalue weighted by molar-refractivity contribution is 6.30. The summed E-state index contributed by atoms with van der Waals surface area (Å²) >= 11 is 6.08. The monoisotopic (exact) mass is 435 g/mol. The number of benzene rings is 3. The maximum absolute atomic E-state index is 6.08. The first-order chi connectivity index (χ1) is 15.1. The molecule has 0 aliphatic carbocycles. The Bertz CT molecular complexity index is 899. The van der Waals surface area contributed by atoms with Crippen molar-refractivity contribution in [3.63, 3.8) is 0 Å². The van der Waals surface area contributed by atoms with Gasteiger partial charge in [-0.25, -0.2) is 0 Å². The summed E-state index contributed by atoms with van der Waals surface area (Å²) in [7, 11) is 0. The van der Waals surface area contributed by atoms with Gasteiger partial charge in [0, 0.05) is 11.6 Å². The summed E-state index contributed by atoms with van der Waals surface area (Å²) in [6, 6.07) is 25.8. The van der Waals surface area contributed by atoms with Crippen LogP contribution in [0, 0.1) is 6.92 Å². The molecule has 0 radical (unpaired) electrons. The van der Waals surface area contributed by atoms with Crippen LogP contribution in [0.15, 0.2) is 72.8 Å². The highest BCUT2D eigenvalue weighted by atomic mass is 35.5. The molecule has 1 unspecified atom stereocenters. The predicted molar refractivity (Wildman–Crippen MR) is 133 cm³/mol. The van der Waals surface area contributed by atoms with Crippen molar-refractivity contribution in [2.45, 2.75) is 39.5 Å². The van der Waals surface area contributed by atoms with Gasteiger partial charge >= 0.3 is 0 Å². The van der Waals surface area contributed by atoms with E-state index in [0.29, 0.717) is 5.92 Å². The van der Waals surface area contributed by atoms with Crippen LogP contribution in [0.1, 0.15) is 42.0 Å². The van der Waals surface area contributed by atoms with E-state index in [1.165, 1.54) is 22.3 Å². The van der Waals surface area contributed by atoms with Gasteiger partial charge in [-0.15, -0.1) is 0 Å². The van der Waals surface area contributed by atoms with Gasteiger partial charge in [0.2, 0.25) is 0 Å². The van der Waals surface area contributed by atoms with Crippen molar-refractivity contribution in [1.29, 1.82) is 0 Å². The molecule has 0 bridgehead atoms. The standard InChI is InChI=1S/C28H34ClNO/c1-4-30(5-2)18-19-31-28-16-10-24(11-17-28)21-26(25-12-6-22(3)7-13-25)20-23-8-14-27(29)15-9-23/h6-17,26H,4-5,18-21H2,1-3H3. The molecule has 0 saturated carbocycles. The first kappa shape index (κ1) is 23.4. The van der Waals surface area contributed by atoms with E-state index in [1.54, 1.807) is 0 Å². The van der Waals surface area contributed by atoms with Crippen molar-refractivity contribution in [3.8, 4) is 5.75 Å². The molecule has 0 saturated heterocycles. The Morgan fingerprint density at radius 2 is 1.32 bits per heavy atom. The lowest BCUT2D eigenvalue weighted by molar-refractivity contribution is 0.223. The van der Waals surface area contributed by atoms with Gasteiger partial charge in [-0.05, 0) is 79.7 Å². The van der Waals surface area contributed by atoms with Crippen molar-refractivity contribution in [2.24, 2.45) is 0 Å². The van der Waals surface area contributed by atoms with Gasteiger partial charge in [-0.3, -0.25) is 0 Å². The molecule has 0 spiro atoms. The molecule has 3 heteroatoms. The second-order valence-electron chi connectivity index (χ2n) is 8.16. The fourth-order valence-electron chi connectivity index (χ4n) is 3.89. The van der Waals surface area contributed by atoms with Crippen molar-refractivity contribution in [3.05, 3.63) is 100 Å². The van der Waals surface area contributed by atoms with Crippen LogP contribution in [0.25, 0.3) is 0 Å². The van der Waals surface area contributed by atoms with Crippen LogP contribution in [0.4, 0.5) is 0 Å². The fourth-order valence-corrected chi connectivity index (χ4v) is 4.02. The normalized spacial score (nSPS) is 12.2. The van der Waals surface area contributed by atoms with Gasteiger partial charge < -0.3 is 9.64 Å². The zero-order valence-corrected chi connectivity index (χ0v) is 19.7. The number of nitrogens with zero attached hydrogens (tertiary/aromatic N) is 1. The van der Waals surface area contributed by atoms with Gasteiger partial charge in [-0.1, -0.05) is 79.5 Å². The Hall–Kier alpha value is -2.29. The molecule has 0 aliphatic rings.